The second-order valence-corrected chi connectivity index (χ2v) is 7.14. The lowest BCUT2D eigenvalue weighted by atomic mass is 9.92. The predicted molar refractivity (Wildman–Crippen MR) is 108 cm³/mol. The minimum absolute atomic E-state index is 0.461. The number of nitriles is 1. The first-order valence-corrected chi connectivity index (χ1v) is 9.91. The Hall–Kier alpha value is -2.77. The number of rotatable bonds is 6. The lowest BCUT2D eigenvalue weighted by Crippen LogP contribution is -2.77. The summed E-state index contributed by atoms with van der Waals surface area (Å²) in [6.07, 6.45) is 3.59. The van der Waals surface area contributed by atoms with Crippen LogP contribution in [0.4, 0.5) is 5.69 Å². The highest BCUT2D eigenvalue weighted by molar-refractivity contribution is 5.95. The van der Waals surface area contributed by atoms with Crippen molar-refractivity contribution in [2.75, 3.05) is 13.2 Å². The molecule has 2 aromatic carbocycles. The third-order valence-electron chi connectivity index (χ3n) is 5.46. The molecule has 1 aliphatic rings. The lowest BCUT2D eigenvalue weighted by molar-refractivity contribution is -0.567. The molecule has 3 aromatic rings. The SMILES string of the molecule is CC[NH2+]c1ccc(-c2c(C#N)c3ccc(OCC)cc3n2C2CCC2)cc1. The van der Waals surface area contributed by atoms with E-state index in [4.69, 9.17) is 4.74 Å². The molecule has 4 rings (SSSR count). The van der Waals surface area contributed by atoms with Gasteiger partial charge in [0.2, 0.25) is 0 Å². The molecule has 138 valence electrons. The summed E-state index contributed by atoms with van der Waals surface area (Å²) in [4.78, 5) is 0. The maximum Gasteiger partial charge on any atom is 0.129 e. The molecule has 0 unspecified atom stereocenters. The molecule has 4 nitrogen and oxygen atoms in total. The largest absolute Gasteiger partial charge is 0.494 e. The van der Waals surface area contributed by atoms with Crippen molar-refractivity contribution in [3.8, 4) is 23.1 Å². The van der Waals surface area contributed by atoms with Crippen LogP contribution in [0, 0.1) is 11.3 Å². The van der Waals surface area contributed by atoms with Gasteiger partial charge < -0.3 is 14.6 Å². The lowest BCUT2D eigenvalue weighted by Gasteiger charge is -2.30. The van der Waals surface area contributed by atoms with Crippen molar-refractivity contribution in [1.29, 1.82) is 5.26 Å². The quantitative estimate of drug-likeness (QED) is 0.657. The summed E-state index contributed by atoms with van der Waals surface area (Å²) in [7, 11) is 0. The fourth-order valence-corrected chi connectivity index (χ4v) is 3.98. The van der Waals surface area contributed by atoms with E-state index in [2.05, 4.69) is 53.2 Å². The van der Waals surface area contributed by atoms with Crippen molar-refractivity contribution in [3.63, 3.8) is 0 Å². The minimum atomic E-state index is 0.461. The molecule has 0 bridgehead atoms. The van der Waals surface area contributed by atoms with Crippen LogP contribution in [0.25, 0.3) is 22.2 Å². The molecular formula is C23H26N3O+. The van der Waals surface area contributed by atoms with Crippen molar-refractivity contribution in [2.45, 2.75) is 39.2 Å². The zero-order valence-electron chi connectivity index (χ0n) is 16.0. The topological polar surface area (TPSA) is 54.6 Å². The van der Waals surface area contributed by atoms with Crippen molar-refractivity contribution in [2.24, 2.45) is 0 Å². The van der Waals surface area contributed by atoms with Crippen LogP contribution in [-0.2, 0) is 0 Å². The van der Waals surface area contributed by atoms with E-state index in [0.717, 1.165) is 40.0 Å². The molecule has 0 radical (unpaired) electrons. The number of benzene rings is 2. The van der Waals surface area contributed by atoms with E-state index in [-0.39, 0.29) is 0 Å². The number of nitrogens with zero attached hydrogens (tertiary/aromatic N) is 2. The van der Waals surface area contributed by atoms with E-state index in [9.17, 15) is 5.26 Å². The zero-order chi connectivity index (χ0) is 18.8. The van der Waals surface area contributed by atoms with Gasteiger partial charge in [-0.15, -0.1) is 0 Å². The molecule has 0 aliphatic heterocycles. The van der Waals surface area contributed by atoms with Crippen molar-refractivity contribution in [3.05, 3.63) is 48.0 Å². The predicted octanol–water partition coefficient (Wildman–Crippen LogP) is 4.52. The molecule has 1 fully saturated rings. The molecule has 0 saturated heterocycles. The molecule has 1 saturated carbocycles. The molecule has 0 amide bonds. The molecule has 0 atom stereocenters. The highest BCUT2D eigenvalue weighted by Gasteiger charge is 2.28. The fourth-order valence-electron chi connectivity index (χ4n) is 3.98. The molecule has 0 spiro atoms. The normalized spacial score (nSPS) is 14.1. The number of ether oxygens (including phenoxy) is 1. The number of quaternary nitrogens is 1. The first kappa shape index (κ1) is 17.6. The second kappa shape index (κ2) is 7.46. The number of nitrogens with two attached hydrogens (primary N) is 1. The average Bonchev–Trinajstić information content (AvgIpc) is 2.95. The number of hydrogen-bond donors (Lipinski definition) is 1. The van der Waals surface area contributed by atoms with Gasteiger partial charge in [-0.25, -0.2) is 0 Å². The van der Waals surface area contributed by atoms with Gasteiger partial charge in [0.05, 0.1) is 29.9 Å². The van der Waals surface area contributed by atoms with Crippen LogP contribution in [0.5, 0.6) is 5.75 Å². The highest BCUT2D eigenvalue weighted by atomic mass is 16.5. The Bertz CT molecular complexity index is 991. The van der Waals surface area contributed by atoms with Crippen LogP contribution in [0.2, 0.25) is 0 Å². The first-order valence-electron chi connectivity index (χ1n) is 9.91. The number of hydrogen-bond acceptors (Lipinski definition) is 2. The van der Waals surface area contributed by atoms with Gasteiger partial charge in [0.15, 0.2) is 0 Å². The van der Waals surface area contributed by atoms with E-state index in [1.807, 2.05) is 19.1 Å². The Balaban J connectivity index is 1.93. The van der Waals surface area contributed by atoms with E-state index in [0.29, 0.717) is 12.6 Å². The minimum Gasteiger partial charge on any atom is -0.494 e. The van der Waals surface area contributed by atoms with E-state index in [1.54, 1.807) is 0 Å². The summed E-state index contributed by atoms with van der Waals surface area (Å²) in [5.41, 5.74) is 5.27. The van der Waals surface area contributed by atoms with Gasteiger partial charge in [0.1, 0.15) is 17.5 Å². The second-order valence-electron chi connectivity index (χ2n) is 7.14. The maximum absolute atomic E-state index is 9.97. The monoisotopic (exact) mass is 360 g/mol. The van der Waals surface area contributed by atoms with Crippen LogP contribution >= 0.6 is 0 Å². The Kier molecular flexibility index (Phi) is 4.87. The van der Waals surface area contributed by atoms with Crippen molar-refractivity contribution in [1.82, 2.24) is 4.57 Å². The van der Waals surface area contributed by atoms with Gasteiger partial charge in [-0.3, -0.25) is 0 Å². The molecule has 1 aromatic heterocycles. The summed E-state index contributed by atoms with van der Waals surface area (Å²) < 4.78 is 8.12. The summed E-state index contributed by atoms with van der Waals surface area (Å²) in [5, 5.41) is 13.2. The van der Waals surface area contributed by atoms with Gasteiger partial charge in [-0.2, -0.15) is 5.26 Å². The Morgan fingerprint density at radius 2 is 1.93 bits per heavy atom. The van der Waals surface area contributed by atoms with Gasteiger partial charge in [-0.1, -0.05) is 0 Å². The van der Waals surface area contributed by atoms with E-state index >= 15 is 0 Å². The Morgan fingerprint density at radius 3 is 2.52 bits per heavy atom. The highest BCUT2D eigenvalue weighted by Crippen LogP contribution is 2.43. The summed E-state index contributed by atoms with van der Waals surface area (Å²) in [6, 6.07) is 17.6. The summed E-state index contributed by atoms with van der Waals surface area (Å²) in [5.74, 6) is 0.868. The van der Waals surface area contributed by atoms with Crippen LogP contribution in [0.15, 0.2) is 42.5 Å². The molecule has 27 heavy (non-hydrogen) atoms. The first-order chi connectivity index (χ1) is 13.3. The van der Waals surface area contributed by atoms with Crippen LogP contribution < -0.4 is 10.1 Å². The number of fused-ring (bicyclic) bond motifs is 1. The van der Waals surface area contributed by atoms with E-state index in [1.165, 1.54) is 24.9 Å². The molecule has 4 heteroatoms. The van der Waals surface area contributed by atoms with Gasteiger partial charge >= 0.3 is 0 Å². The van der Waals surface area contributed by atoms with Crippen molar-refractivity contribution >= 4 is 16.6 Å². The maximum atomic E-state index is 9.97. The smallest absolute Gasteiger partial charge is 0.129 e. The van der Waals surface area contributed by atoms with Gasteiger partial charge in [0, 0.05) is 17.5 Å². The van der Waals surface area contributed by atoms with Gasteiger partial charge in [-0.05, 0) is 75.1 Å². The molecule has 1 aliphatic carbocycles. The third kappa shape index (κ3) is 3.09. The van der Waals surface area contributed by atoms with Crippen molar-refractivity contribution < 1.29 is 10.1 Å². The molecular weight excluding hydrogens is 334 g/mol. The van der Waals surface area contributed by atoms with Crippen LogP contribution in [0.3, 0.4) is 0 Å². The van der Waals surface area contributed by atoms with Crippen LogP contribution in [0.1, 0.15) is 44.7 Å². The standard InChI is InChI=1S/C23H25N3O/c1-3-25-17-10-8-16(9-11-17)23-21(15-24)20-13-12-19(27-4-2)14-22(20)26(23)18-6-5-7-18/h8-14,18,25H,3-7H2,1-2H3/p+1. The average molecular weight is 360 g/mol. The third-order valence-corrected chi connectivity index (χ3v) is 5.46. The fraction of sp³-hybridized carbons (Fsp3) is 0.348. The van der Waals surface area contributed by atoms with Crippen LogP contribution in [-0.4, -0.2) is 17.7 Å². The van der Waals surface area contributed by atoms with Gasteiger partial charge in [0.25, 0.3) is 0 Å². The zero-order valence-corrected chi connectivity index (χ0v) is 16.0. The number of aromatic nitrogens is 1. The summed E-state index contributed by atoms with van der Waals surface area (Å²) in [6.45, 7) is 5.80. The molecule has 2 N–H and O–H groups in total. The Morgan fingerprint density at radius 1 is 1.15 bits per heavy atom. The van der Waals surface area contributed by atoms with E-state index < -0.39 is 0 Å². The molecule has 1 heterocycles. The Labute approximate surface area is 160 Å². The summed E-state index contributed by atoms with van der Waals surface area (Å²) >= 11 is 0.